The van der Waals surface area contributed by atoms with Gasteiger partial charge in [0, 0.05) is 0 Å². The normalized spacial score (nSPS) is 25.1. The predicted octanol–water partition coefficient (Wildman–Crippen LogP) is 3.56. The van der Waals surface area contributed by atoms with Crippen LogP contribution in [-0.2, 0) is 0 Å². The zero-order valence-corrected chi connectivity index (χ0v) is 6.75. The lowest BCUT2D eigenvalue weighted by molar-refractivity contribution is 0.294. The van der Waals surface area contributed by atoms with Crippen LogP contribution in [0.4, 0.5) is 12.9 Å². The SMILES string of the molecule is CC1([B-](F)(F)F)CCCCC1. The van der Waals surface area contributed by atoms with E-state index in [2.05, 4.69) is 0 Å². The fraction of sp³-hybridized carbons (Fsp3) is 1.00. The van der Waals surface area contributed by atoms with Gasteiger partial charge in [0.15, 0.2) is 0 Å². The molecule has 1 saturated carbocycles. The molecule has 1 aliphatic carbocycles. The van der Waals surface area contributed by atoms with Gasteiger partial charge in [-0.05, 0) is 0 Å². The molecule has 0 bridgehead atoms. The van der Waals surface area contributed by atoms with Crippen molar-refractivity contribution in [3.05, 3.63) is 0 Å². The maximum atomic E-state index is 12.4. The van der Waals surface area contributed by atoms with Gasteiger partial charge in [-0.25, -0.2) is 0 Å². The molecule has 0 nitrogen and oxygen atoms in total. The van der Waals surface area contributed by atoms with Gasteiger partial charge >= 0.3 is 6.98 Å². The highest BCUT2D eigenvalue weighted by molar-refractivity contribution is 6.62. The summed E-state index contributed by atoms with van der Waals surface area (Å²) in [4.78, 5) is 0. The van der Waals surface area contributed by atoms with Crippen LogP contribution in [0.1, 0.15) is 39.0 Å². The number of rotatable bonds is 1. The van der Waals surface area contributed by atoms with Gasteiger partial charge in [-0.15, -0.1) is 0 Å². The Labute approximate surface area is 65.2 Å². The highest BCUT2D eigenvalue weighted by Gasteiger charge is 2.45. The summed E-state index contributed by atoms with van der Waals surface area (Å²) < 4.78 is 37.2. The molecule has 0 N–H and O–H groups in total. The van der Waals surface area contributed by atoms with E-state index in [0.717, 1.165) is 19.3 Å². The minimum absolute atomic E-state index is 0.344. The largest absolute Gasteiger partial charge is 0.484 e. The Morgan fingerprint density at radius 3 is 1.73 bits per heavy atom. The summed E-state index contributed by atoms with van der Waals surface area (Å²) in [5.74, 6) is 0. The van der Waals surface area contributed by atoms with Crippen LogP contribution in [0.3, 0.4) is 0 Å². The third kappa shape index (κ3) is 1.71. The summed E-state index contributed by atoms with van der Waals surface area (Å²) in [6.45, 7) is -3.25. The van der Waals surface area contributed by atoms with E-state index in [1.54, 1.807) is 0 Å². The van der Waals surface area contributed by atoms with Crippen LogP contribution >= 0.6 is 0 Å². The molecule has 0 amide bonds. The van der Waals surface area contributed by atoms with Crippen molar-refractivity contribution < 1.29 is 12.9 Å². The van der Waals surface area contributed by atoms with Crippen molar-refractivity contribution >= 4 is 6.98 Å². The number of hydrogen-bond acceptors (Lipinski definition) is 0. The maximum absolute atomic E-state index is 12.4. The molecule has 0 aliphatic heterocycles. The minimum Gasteiger partial charge on any atom is -0.449 e. The van der Waals surface area contributed by atoms with Gasteiger partial charge in [0.05, 0.1) is 0 Å². The molecule has 0 aromatic rings. The molecular weight excluding hydrogens is 152 g/mol. The van der Waals surface area contributed by atoms with E-state index in [0.29, 0.717) is 12.8 Å². The van der Waals surface area contributed by atoms with Gasteiger partial charge in [-0.2, -0.15) is 0 Å². The molecule has 4 heteroatoms. The molecule has 66 valence electrons. The Bertz CT molecular complexity index is 135. The molecule has 1 fully saturated rings. The fourth-order valence-electron chi connectivity index (χ4n) is 1.69. The molecule has 0 unspecified atom stereocenters. The van der Waals surface area contributed by atoms with Crippen LogP contribution in [-0.4, -0.2) is 6.98 Å². The molecule has 1 rings (SSSR count). The van der Waals surface area contributed by atoms with Crippen molar-refractivity contribution in [2.24, 2.45) is 0 Å². The van der Waals surface area contributed by atoms with Crippen LogP contribution in [0, 0.1) is 0 Å². The van der Waals surface area contributed by atoms with Crippen molar-refractivity contribution in [1.82, 2.24) is 0 Å². The molecule has 0 aromatic heterocycles. The molecular formula is C7H13BF3-. The van der Waals surface area contributed by atoms with Crippen LogP contribution < -0.4 is 0 Å². The summed E-state index contributed by atoms with van der Waals surface area (Å²) in [6, 6.07) is 0. The molecule has 0 heterocycles. The van der Waals surface area contributed by atoms with Crippen molar-refractivity contribution in [2.75, 3.05) is 0 Å². The average Bonchev–Trinajstić information content (AvgIpc) is 1.87. The van der Waals surface area contributed by atoms with Gasteiger partial charge in [0.2, 0.25) is 0 Å². The summed E-state index contributed by atoms with van der Waals surface area (Å²) in [7, 11) is 0. The van der Waals surface area contributed by atoms with Gasteiger partial charge in [0.1, 0.15) is 0 Å². The molecule has 0 aromatic carbocycles. The average molecular weight is 165 g/mol. The van der Waals surface area contributed by atoms with E-state index < -0.39 is 12.3 Å². The van der Waals surface area contributed by atoms with E-state index in [1.165, 1.54) is 6.92 Å². The fourth-order valence-corrected chi connectivity index (χ4v) is 1.69. The summed E-state index contributed by atoms with van der Waals surface area (Å²) in [6.07, 6.45) is 3.16. The van der Waals surface area contributed by atoms with Crippen molar-refractivity contribution in [1.29, 1.82) is 0 Å². The molecule has 0 saturated heterocycles. The summed E-state index contributed by atoms with van der Waals surface area (Å²) >= 11 is 0. The minimum atomic E-state index is -4.62. The van der Waals surface area contributed by atoms with Crippen molar-refractivity contribution in [2.45, 2.75) is 44.3 Å². The molecule has 0 atom stereocenters. The zero-order valence-electron chi connectivity index (χ0n) is 6.75. The van der Waals surface area contributed by atoms with Gasteiger partial charge in [0.25, 0.3) is 0 Å². The van der Waals surface area contributed by atoms with E-state index in [1.807, 2.05) is 0 Å². The maximum Gasteiger partial charge on any atom is 0.484 e. The van der Waals surface area contributed by atoms with E-state index in [9.17, 15) is 12.9 Å². The lowest BCUT2D eigenvalue weighted by Crippen LogP contribution is -2.35. The summed E-state index contributed by atoms with van der Waals surface area (Å²) in [5.41, 5.74) is 0. The standard InChI is InChI=1S/C7H13BF3/c1-7(8(9,10)11)5-3-2-4-6-7/h2-6H2,1H3/q-1. The highest BCUT2D eigenvalue weighted by atomic mass is 19.4. The van der Waals surface area contributed by atoms with Gasteiger partial charge in [-0.1, -0.05) is 44.3 Å². The second kappa shape index (κ2) is 2.72. The summed E-state index contributed by atoms with van der Waals surface area (Å²) in [5, 5.41) is -1.32. The van der Waals surface area contributed by atoms with Crippen LogP contribution in [0.2, 0.25) is 5.31 Å². The number of hydrogen-bond donors (Lipinski definition) is 0. The van der Waals surface area contributed by atoms with E-state index in [-0.39, 0.29) is 0 Å². The predicted molar refractivity (Wildman–Crippen MR) is 40.5 cm³/mol. The number of halogens is 3. The molecule has 1 aliphatic rings. The van der Waals surface area contributed by atoms with Crippen molar-refractivity contribution in [3.8, 4) is 0 Å². The first-order valence-electron chi connectivity index (χ1n) is 4.15. The van der Waals surface area contributed by atoms with Crippen LogP contribution in [0.5, 0.6) is 0 Å². The lowest BCUT2D eigenvalue weighted by Gasteiger charge is -2.41. The van der Waals surface area contributed by atoms with Crippen LogP contribution in [0.15, 0.2) is 0 Å². The first kappa shape index (κ1) is 8.95. The second-order valence-corrected chi connectivity index (χ2v) is 3.79. The van der Waals surface area contributed by atoms with E-state index >= 15 is 0 Å². The molecule has 11 heavy (non-hydrogen) atoms. The second-order valence-electron chi connectivity index (χ2n) is 3.79. The molecule has 0 spiro atoms. The Balaban J connectivity index is 2.64. The smallest absolute Gasteiger partial charge is 0.449 e. The van der Waals surface area contributed by atoms with Gasteiger partial charge < -0.3 is 12.9 Å². The Hall–Kier alpha value is -0.145. The zero-order chi connectivity index (χ0) is 8.54. The first-order chi connectivity index (χ1) is 4.96. The van der Waals surface area contributed by atoms with Gasteiger partial charge in [-0.3, -0.25) is 0 Å². The topological polar surface area (TPSA) is 0 Å². The molecule has 0 radical (unpaired) electrons. The highest BCUT2D eigenvalue weighted by Crippen LogP contribution is 2.51. The Morgan fingerprint density at radius 1 is 1.00 bits per heavy atom. The lowest BCUT2D eigenvalue weighted by atomic mass is 9.52. The Morgan fingerprint density at radius 2 is 1.45 bits per heavy atom. The van der Waals surface area contributed by atoms with E-state index in [4.69, 9.17) is 0 Å². The quantitative estimate of drug-likeness (QED) is 0.521. The van der Waals surface area contributed by atoms with Crippen molar-refractivity contribution in [3.63, 3.8) is 0 Å². The first-order valence-corrected chi connectivity index (χ1v) is 4.15. The third-order valence-corrected chi connectivity index (χ3v) is 2.79. The Kier molecular flexibility index (Phi) is 2.21. The monoisotopic (exact) mass is 165 g/mol. The van der Waals surface area contributed by atoms with Crippen LogP contribution in [0.25, 0.3) is 0 Å². The third-order valence-electron chi connectivity index (χ3n) is 2.79.